The summed E-state index contributed by atoms with van der Waals surface area (Å²) >= 11 is 6.21. The predicted octanol–water partition coefficient (Wildman–Crippen LogP) is 2.84. The Morgan fingerprint density at radius 3 is 2.55 bits per heavy atom. The molecule has 0 spiro atoms. The number of hydrogen-bond acceptors (Lipinski definition) is 1. The zero-order valence-electron chi connectivity index (χ0n) is 11.4. The van der Waals surface area contributed by atoms with Gasteiger partial charge in [0.05, 0.1) is 20.1 Å². The van der Waals surface area contributed by atoms with E-state index in [9.17, 15) is 0 Å². The van der Waals surface area contributed by atoms with Crippen LogP contribution in [0, 0.1) is 0 Å². The van der Waals surface area contributed by atoms with E-state index in [1.54, 1.807) is 4.90 Å². The third-order valence-electron chi connectivity index (χ3n) is 4.53. The number of likely N-dealkylation sites (N-methyl/N-ethyl adjacent to an activating group) is 1. The molecule has 102 valence electrons. The highest BCUT2D eigenvalue weighted by molar-refractivity contribution is 6.30. The SMILES string of the molecule is C[NH+]1C[C@@H]2c3ccccc3Oc3ccc(Cl)cc3[C@H]2C1. The third kappa shape index (κ3) is 1.83. The van der Waals surface area contributed by atoms with Gasteiger partial charge in [0.15, 0.2) is 0 Å². The Hall–Kier alpha value is -1.51. The predicted molar refractivity (Wildman–Crippen MR) is 80.1 cm³/mol. The molecule has 2 nitrogen and oxygen atoms in total. The van der Waals surface area contributed by atoms with Gasteiger partial charge in [-0.2, -0.15) is 0 Å². The Morgan fingerprint density at radius 1 is 1.00 bits per heavy atom. The second-order valence-electron chi connectivity index (χ2n) is 5.90. The molecule has 3 atom stereocenters. The Balaban J connectivity index is 1.93. The summed E-state index contributed by atoms with van der Waals surface area (Å²) in [5, 5.41) is 0.793. The molecule has 1 N–H and O–H groups in total. The van der Waals surface area contributed by atoms with Crippen molar-refractivity contribution in [1.82, 2.24) is 0 Å². The van der Waals surface area contributed by atoms with Crippen molar-refractivity contribution in [2.75, 3.05) is 20.1 Å². The topological polar surface area (TPSA) is 13.7 Å². The minimum atomic E-state index is 0.493. The van der Waals surface area contributed by atoms with E-state index in [0.717, 1.165) is 29.6 Å². The molecule has 0 bridgehead atoms. The smallest absolute Gasteiger partial charge is 0.131 e. The van der Waals surface area contributed by atoms with Crippen LogP contribution in [0.4, 0.5) is 0 Å². The van der Waals surface area contributed by atoms with Crippen molar-refractivity contribution >= 4 is 11.6 Å². The lowest BCUT2D eigenvalue weighted by Gasteiger charge is -2.14. The van der Waals surface area contributed by atoms with Gasteiger partial charge >= 0.3 is 0 Å². The first-order valence-corrected chi connectivity index (χ1v) is 7.47. The molecular weight excluding hydrogens is 270 g/mol. The van der Waals surface area contributed by atoms with E-state index in [0.29, 0.717) is 11.8 Å². The summed E-state index contributed by atoms with van der Waals surface area (Å²) in [5.41, 5.74) is 2.59. The molecule has 0 amide bonds. The van der Waals surface area contributed by atoms with Gasteiger partial charge in [0.1, 0.15) is 11.5 Å². The summed E-state index contributed by atoms with van der Waals surface area (Å²) in [5.74, 6) is 2.97. The third-order valence-corrected chi connectivity index (χ3v) is 4.77. The standard InChI is InChI=1S/C17H16ClNO/c1-19-9-14-12-4-2-3-5-16(12)20-17-7-6-11(18)8-13(17)15(14)10-19/h2-8,14-15H,9-10H2,1H3/p+1/t14-,15-/m1/s1. The quantitative estimate of drug-likeness (QED) is 0.786. The van der Waals surface area contributed by atoms with Gasteiger partial charge in [-0.3, -0.25) is 0 Å². The maximum absolute atomic E-state index is 6.21. The van der Waals surface area contributed by atoms with Crippen LogP contribution in [0.2, 0.25) is 5.02 Å². The molecule has 3 heteroatoms. The molecule has 0 aromatic heterocycles. The fourth-order valence-corrected chi connectivity index (χ4v) is 3.85. The molecule has 4 rings (SSSR count). The second kappa shape index (κ2) is 4.51. The first-order valence-electron chi connectivity index (χ1n) is 7.10. The monoisotopic (exact) mass is 286 g/mol. The van der Waals surface area contributed by atoms with E-state index in [1.807, 2.05) is 18.2 Å². The van der Waals surface area contributed by atoms with E-state index in [1.165, 1.54) is 11.1 Å². The van der Waals surface area contributed by atoms with Crippen molar-refractivity contribution in [3.8, 4) is 11.5 Å². The highest BCUT2D eigenvalue weighted by Gasteiger charge is 2.41. The number of quaternary nitrogens is 1. The fourth-order valence-electron chi connectivity index (χ4n) is 3.67. The van der Waals surface area contributed by atoms with Crippen LogP contribution >= 0.6 is 11.6 Å². The fraction of sp³-hybridized carbons (Fsp3) is 0.294. The van der Waals surface area contributed by atoms with Gasteiger partial charge in [-0.15, -0.1) is 0 Å². The van der Waals surface area contributed by atoms with Crippen molar-refractivity contribution in [3.63, 3.8) is 0 Å². The molecule has 1 fully saturated rings. The summed E-state index contributed by atoms with van der Waals surface area (Å²) in [6, 6.07) is 14.4. The largest absolute Gasteiger partial charge is 0.457 e. The van der Waals surface area contributed by atoms with Gasteiger partial charge in [-0.25, -0.2) is 0 Å². The first-order chi connectivity index (χ1) is 9.72. The molecular formula is C17H17ClNO+. The summed E-state index contributed by atoms with van der Waals surface area (Å²) in [6.45, 7) is 2.28. The number of hydrogen-bond donors (Lipinski definition) is 1. The van der Waals surface area contributed by atoms with Crippen LogP contribution in [-0.4, -0.2) is 20.1 Å². The normalized spacial score (nSPS) is 27.0. The van der Waals surface area contributed by atoms with Crippen molar-refractivity contribution < 1.29 is 9.64 Å². The van der Waals surface area contributed by atoms with Crippen molar-refractivity contribution in [2.45, 2.75) is 11.8 Å². The molecule has 0 radical (unpaired) electrons. The number of rotatable bonds is 0. The number of halogens is 1. The Morgan fingerprint density at radius 2 is 1.70 bits per heavy atom. The lowest BCUT2D eigenvalue weighted by Crippen LogP contribution is -3.07. The van der Waals surface area contributed by atoms with Crippen LogP contribution in [0.3, 0.4) is 0 Å². The molecule has 1 unspecified atom stereocenters. The minimum Gasteiger partial charge on any atom is -0.457 e. The number of likely N-dealkylation sites (tertiary alicyclic amines) is 1. The molecule has 2 aromatic carbocycles. The highest BCUT2D eigenvalue weighted by atomic mass is 35.5. The molecule has 2 aliphatic heterocycles. The number of benzene rings is 2. The van der Waals surface area contributed by atoms with E-state index >= 15 is 0 Å². The zero-order chi connectivity index (χ0) is 13.7. The van der Waals surface area contributed by atoms with Crippen LogP contribution < -0.4 is 9.64 Å². The molecule has 1 saturated heterocycles. The summed E-state index contributed by atoms with van der Waals surface area (Å²) < 4.78 is 6.16. The molecule has 2 aliphatic rings. The second-order valence-corrected chi connectivity index (χ2v) is 6.34. The lowest BCUT2D eigenvalue weighted by atomic mass is 9.84. The average Bonchev–Trinajstić information content (AvgIpc) is 2.78. The summed E-state index contributed by atoms with van der Waals surface area (Å²) in [6.07, 6.45) is 0. The van der Waals surface area contributed by atoms with E-state index < -0.39 is 0 Å². The number of ether oxygens (including phenoxy) is 1. The number of nitrogens with one attached hydrogen (secondary N) is 1. The Labute approximate surface area is 123 Å². The lowest BCUT2D eigenvalue weighted by molar-refractivity contribution is -0.867. The van der Waals surface area contributed by atoms with Gasteiger partial charge in [-0.1, -0.05) is 29.8 Å². The van der Waals surface area contributed by atoms with Crippen LogP contribution in [0.15, 0.2) is 42.5 Å². The molecule has 0 aliphatic carbocycles. The molecule has 20 heavy (non-hydrogen) atoms. The van der Waals surface area contributed by atoms with E-state index in [4.69, 9.17) is 16.3 Å². The van der Waals surface area contributed by atoms with Gasteiger partial charge in [0.2, 0.25) is 0 Å². The van der Waals surface area contributed by atoms with Gasteiger partial charge in [-0.05, 0) is 24.3 Å². The van der Waals surface area contributed by atoms with Gasteiger partial charge in [0.25, 0.3) is 0 Å². The van der Waals surface area contributed by atoms with Crippen LogP contribution in [0.1, 0.15) is 23.0 Å². The summed E-state index contributed by atoms with van der Waals surface area (Å²) in [4.78, 5) is 1.57. The Bertz CT molecular complexity index is 670. The van der Waals surface area contributed by atoms with Crippen LogP contribution in [0.5, 0.6) is 11.5 Å². The Kier molecular flexibility index (Phi) is 2.76. The average molecular weight is 287 g/mol. The maximum Gasteiger partial charge on any atom is 0.131 e. The zero-order valence-corrected chi connectivity index (χ0v) is 12.2. The maximum atomic E-state index is 6.21. The van der Waals surface area contributed by atoms with E-state index in [2.05, 4.69) is 31.3 Å². The van der Waals surface area contributed by atoms with Gasteiger partial charge < -0.3 is 9.64 Å². The first kappa shape index (κ1) is 12.2. The molecule has 2 aromatic rings. The highest BCUT2D eigenvalue weighted by Crippen LogP contribution is 2.47. The number of fused-ring (bicyclic) bond motifs is 5. The van der Waals surface area contributed by atoms with Crippen molar-refractivity contribution in [1.29, 1.82) is 0 Å². The van der Waals surface area contributed by atoms with Crippen molar-refractivity contribution in [2.24, 2.45) is 0 Å². The van der Waals surface area contributed by atoms with Crippen molar-refractivity contribution in [3.05, 3.63) is 58.6 Å². The van der Waals surface area contributed by atoms with Gasteiger partial charge in [0, 0.05) is 28.0 Å². The number of para-hydroxylation sites is 1. The van der Waals surface area contributed by atoms with Crippen LogP contribution in [-0.2, 0) is 0 Å². The van der Waals surface area contributed by atoms with E-state index in [-0.39, 0.29) is 0 Å². The molecule has 2 heterocycles. The van der Waals surface area contributed by atoms with Crippen LogP contribution in [0.25, 0.3) is 0 Å². The minimum absolute atomic E-state index is 0.493. The summed E-state index contributed by atoms with van der Waals surface area (Å²) in [7, 11) is 2.27. The molecule has 0 saturated carbocycles.